The van der Waals surface area contributed by atoms with Crippen LogP contribution in [0.15, 0.2) is 0 Å². The summed E-state index contributed by atoms with van der Waals surface area (Å²) in [5, 5.41) is -0.133. The molecule has 0 aromatic carbocycles. The van der Waals surface area contributed by atoms with Crippen LogP contribution in [0, 0.1) is 5.41 Å². The predicted molar refractivity (Wildman–Crippen MR) is 71.9 cm³/mol. The zero-order valence-electron chi connectivity index (χ0n) is 11.2. The second-order valence-corrected chi connectivity index (χ2v) is 5.12. The first-order valence-corrected chi connectivity index (χ1v) is 7.20. The molecule has 0 bridgehead atoms. The predicted octanol–water partition coefficient (Wildman–Crippen LogP) is 5.31. The summed E-state index contributed by atoms with van der Waals surface area (Å²) in [4.78, 5) is 11.5. The first-order valence-electron chi connectivity index (χ1n) is 6.83. The van der Waals surface area contributed by atoms with Crippen molar-refractivity contribution in [3.63, 3.8) is 0 Å². The molecule has 0 amide bonds. The summed E-state index contributed by atoms with van der Waals surface area (Å²) in [6.45, 7) is 6.37. The van der Waals surface area contributed by atoms with Gasteiger partial charge in [-0.25, -0.2) is 0 Å². The Labute approximate surface area is 106 Å². The Hall–Kier alpha value is -0.0400. The third-order valence-electron chi connectivity index (χ3n) is 3.78. The van der Waals surface area contributed by atoms with Gasteiger partial charge in [-0.2, -0.15) is 0 Å². The summed E-state index contributed by atoms with van der Waals surface area (Å²) >= 11 is 5.72. The minimum atomic E-state index is -0.244. The Morgan fingerprint density at radius 3 is 1.88 bits per heavy atom. The standard InChI is InChI=1S/C14H27ClO/c1-4-7-8-9-10-11-12-14(5-2,6-3)13(15)16/h4-12H2,1-3H3. The van der Waals surface area contributed by atoms with Gasteiger partial charge in [0.15, 0.2) is 0 Å². The molecule has 0 heterocycles. The van der Waals surface area contributed by atoms with Gasteiger partial charge in [-0.05, 0) is 30.9 Å². The van der Waals surface area contributed by atoms with Crippen LogP contribution >= 0.6 is 11.6 Å². The van der Waals surface area contributed by atoms with E-state index >= 15 is 0 Å². The highest BCUT2D eigenvalue weighted by atomic mass is 35.5. The zero-order valence-corrected chi connectivity index (χ0v) is 11.9. The molecule has 0 unspecified atom stereocenters. The van der Waals surface area contributed by atoms with E-state index in [2.05, 4.69) is 20.8 Å². The van der Waals surface area contributed by atoms with E-state index in [4.69, 9.17) is 11.6 Å². The maximum absolute atomic E-state index is 11.5. The monoisotopic (exact) mass is 246 g/mol. The van der Waals surface area contributed by atoms with Gasteiger partial charge in [0.2, 0.25) is 5.24 Å². The van der Waals surface area contributed by atoms with Gasteiger partial charge in [0.25, 0.3) is 0 Å². The molecule has 0 rings (SSSR count). The molecule has 0 aromatic heterocycles. The van der Waals surface area contributed by atoms with Crippen LogP contribution in [0.1, 0.15) is 78.6 Å². The summed E-state index contributed by atoms with van der Waals surface area (Å²) in [7, 11) is 0. The molecule has 1 nitrogen and oxygen atoms in total. The number of unbranched alkanes of at least 4 members (excludes halogenated alkanes) is 5. The van der Waals surface area contributed by atoms with E-state index in [1.165, 1.54) is 32.1 Å². The SMILES string of the molecule is CCCCCCCCC(CC)(CC)C(=O)Cl. The van der Waals surface area contributed by atoms with Crippen molar-refractivity contribution in [2.24, 2.45) is 5.41 Å². The Morgan fingerprint density at radius 1 is 0.938 bits per heavy atom. The van der Waals surface area contributed by atoms with Gasteiger partial charge < -0.3 is 0 Å². The quantitative estimate of drug-likeness (QED) is 0.377. The van der Waals surface area contributed by atoms with Crippen molar-refractivity contribution < 1.29 is 4.79 Å². The highest BCUT2D eigenvalue weighted by Gasteiger charge is 2.32. The number of carbonyl (C=O) groups excluding carboxylic acids is 1. The molecule has 0 N–H and O–H groups in total. The van der Waals surface area contributed by atoms with E-state index < -0.39 is 0 Å². The summed E-state index contributed by atoms with van der Waals surface area (Å²) in [6.07, 6.45) is 10.4. The van der Waals surface area contributed by atoms with Gasteiger partial charge in [0.1, 0.15) is 0 Å². The molecule has 0 aliphatic rings. The van der Waals surface area contributed by atoms with Crippen LogP contribution in [0.25, 0.3) is 0 Å². The smallest absolute Gasteiger partial charge is 0.227 e. The van der Waals surface area contributed by atoms with E-state index in [1.54, 1.807) is 0 Å². The summed E-state index contributed by atoms with van der Waals surface area (Å²) < 4.78 is 0. The summed E-state index contributed by atoms with van der Waals surface area (Å²) in [5.41, 5.74) is -0.244. The van der Waals surface area contributed by atoms with E-state index in [0.29, 0.717) is 0 Å². The van der Waals surface area contributed by atoms with Gasteiger partial charge in [0, 0.05) is 5.41 Å². The molecule has 0 radical (unpaired) electrons. The van der Waals surface area contributed by atoms with Gasteiger partial charge in [-0.3, -0.25) is 4.79 Å². The van der Waals surface area contributed by atoms with Crippen molar-refractivity contribution in [2.45, 2.75) is 78.6 Å². The molecule has 2 heteroatoms. The van der Waals surface area contributed by atoms with Gasteiger partial charge >= 0.3 is 0 Å². The lowest BCUT2D eigenvalue weighted by atomic mass is 9.79. The maximum atomic E-state index is 11.5. The minimum Gasteiger partial charge on any atom is -0.281 e. The fourth-order valence-corrected chi connectivity index (χ4v) is 2.59. The molecule has 0 aromatic rings. The number of carbonyl (C=O) groups is 1. The molecule has 0 atom stereocenters. The average molecular weight is 247 g/mol. The molecule has 0 saturated heterocycles. The zero-order chi connectivity index (χ0) is 12.4. The second-order valence-electron chi connectivity index (χ2n) is 4.78. The van der Waals surface area contributed by atoms with Crippen molar-refractivity contribution in [3.8, 4) is 0 Å². The first-order chi connectivity index (χ1) is 7.63. The number of hydrogen-bond acceptors (Lipinski definition) is 1. The topological polar surface area (TPSA) is 17.1 Å². The number of rotatable bonds is 10. The normalized spacial score (nSPS) is 11.8. The van der Waals surface area contributed by atoms with Crippen LogP contribution in [0.4, 0.5) is 0 Å². The molecule has 16 heavy (non-hydrogen) atoms. The number of hydrogen-bond donors (Lipinski definition) is 0. The Bertz CT molecular complexity index is 185. The van der Waals surface area contributed by atoms with Crippen molar-refractivity contribution in [1.82, 2.24) is 0 Å². The highest BCUT2D eigenvalue weighted by molar-refractivity contribution is 6.64. The van der Waals surface area contributed by atoms with Crippen LogP contribution in [0.3, 0.4) is 0 Å². The maximum Gasteiger partial charge on any atom is 0.227 e. The fourth-order valence-electron chi connectivity index (χ4n) is 2.22. The van der Waals surface area contributed by atoms with Crippen molar-refractivity contribution in [1.29, 1.82) is 0 Å². The van der Waals surface area contributed by atoms with E-state index in [-0.39, 0.29) is 10.7 Å². The van der Waals surface area contributed by atoms with Crippen molar-refractivity contribution >= 4 is 16.8 Å². The fraction of sp³-hybridized carbons (Fsp3) is 0.929. The van der Waals surface area contributed by atoms with E-state index in [0.717, 1.165) is 25.7 Å². The minimum absolute atomic E-state index is 0.133. The lowest BCUT2D eigenvalue weighted by molar-refractivity contribution is -0.121. The van der Waals surface area contributed by atoms with E-state index in [1.807, 2.05) is 0 Å². The van der Waals surface area contributed by atoms with Crippen molar-refractivity contribution in [2.75, 3.05) is 0 Å². The molecule has 0 fully saturated rings. The Balaban J connectivity index is 3.81. The summed E-state index contributed by atoms with van der Waals surface area (Å²) in [6, 6.07) is 0. The first kappa shape index (κ1) is 16.0. The molecular formula is C14H27ClO. The molecule has 0 saturated carbocycles. The Morgan fingerprint density at radius 2 is 1.44 bits per heavy atom. The Kier molecular flexibility index (Phi) is 9.02. The van der Waals surface area contributed by atoms with Gasteiger partial charge in [0.05, 0.1) is 0 Å². The third kappa shape index (κ3) is 5.34. The van der Waals surface area contributed by atoms with Crippen molar-refractivity contribution in [3.05, 3.63) is 0 Å². The molecule has 0 aliphatic carbocycles. The highest BCUT2D eigenvalue weighted by Crippen LogP contribution is 2.35. The molecule has 0 aliphatic heterocycles. The molecular weight excluding hydrogens is 220 g/mol. The lowest BCUT2D eigenvalue weighted by Gasteiger charge is -2.27. The van der Waals surface area contributed by atoms with Gasteiger partial charge in [-0.1, -0.05) is 59.3 Å². The van der Waals surface area contributed by atoms with Gasteiger partial charge in [-0.15, -0.1) is 0 Å². The third-order valence-corrected chi connectivity index (χ3v) is 4.18. The second kappa shape index (κ2) is 9.04. The van der Waals surface area contributed by atoms with Crippen LogP contribution < -0.4 is 0 Å². The summed E-state index contributed by atoms with van der Waals surface area (Å²) in [5.74, 6) is 0. The van der Waals surface area contributed by atoms with Crippen LogP contribution in [-0.4, -0.2) is 5.24 Å². The van der Waals surface area contributed by atoms with Crippen LogP contribution in [0.5, 0.6) is 0 Å². The van der Waals surface area contributed by atoms with Crippen LogP contribution in [0.2, 0.25) is 0 Å². The van der Waals surface area contributed by atoms with Crippen LogP contribution in [-0.2, 0) is 4.79 Å². The van der Waals surface area contributed by atoms with E-state index in [9.17, 15) is 4.79 Å². The molecule has 0 spiro atoms. The number of halogens is 1. The average Bonchev–Trinajstić information content (AvgIpc) is 2.28. The lowest BCUT2D eigenvalue weighted by Crippen LogP contribution is -2.26. The largest absolute Gasteiger partial charge is 0.281 e. The molecule has 96 valence electrons.